The molecule has 0 saturated carbocycles. The van der Waals surface area contributed by atoms with E-state index < -0.39 is 0 Å². The molecule has 3 rings (SSSR count). The first-order valence-corrected chi connectivity index (χ1v) is 6.43. The van der Waals surface area contributed by atoms with Crippen molar-refractivity contribution in [3.8, 4) is 5.75 Å². The van der Waals surface area contributed by atoms with E-state index in [1.807, 2.05) is 12.1 Å². The highest BCUT2D eigenvalue weighted by atomic mass is 16.5. The first-order chi connectivity index (χ1) is 9.29. The molecule has 1 aliphatic heterocycles. The van der Waals surface area contributed by atoms with Crippen LogP contribution in [0.25, 0.3) is 10.8 Å². The summed E-state index contributed by atoms with van der Waals surface area (Å²) in [5.74, 6) is 1.03. The van der Waals surface area contributed by atoms with Gasteiger partial charge in [0.05, 0.1) is 18.2 Å². The molecule has 0 aliphatic carbocycles. The molecule has 0 unspecified atom stereocenters. The molecular weight excluding hydrogens is 244 g/mol. The van der Waals surface area contributed by atoms with Crippen molar-refractivity contribution in [2.75, 3.05) is 20.3 Å². The van der Waals surface area contributed by atoms with Crippen LogP contribution in [0.4, 0.5) is 0 Å². The Balaban J connectivity index is 2.15. The van der Waals surface area contributed by atoms with Gasteiger partial charge in [0.2, 0.25) is 0 Å². The number of nitrogens with zero attached hydrogens (tertiary/aromatic N) is 1. The van der Waals surface area contributed by atoms with Crippen molar-refractivity contribution in [1.82, 2.24) is 10.2 Å². The fourth-order valence-electron chi connectivity index (χ4n) is 2.58. The summed E-state index contributed by atoms with van der Waals surface area (Å²) in [5.41, 5.74) is 0.783. The van der Waals surface area contributed by atoms with Gasteiger partial charge < -0.3 is 9.47 Å². The van der Waals surface area contributed by atoms with E-state index in [-0.39, 0.29) is 5.56 Å². The van der Waals surface area contributed by atoms with Gasteiger partial charge in [-0.2, -0.15) is 5.10 Å². The number of methoxy groups -OCH3 is 1. The molecular formula is C14H16N2O3. The minimum atomic E-state index is -0.176. The molecule has 100 valence electrons. The average molecular weight is 260 g/mol. The number of rotatable bonds is 2. The molecule has 5 heteroatoms. The van der Waals surface area contributed by atoms with Crippen LogP contribution in [0.1, 0.15) is 24.5 Å². The summed E-state index contributed by atoms with van der Waals surface area (Å²) in [7, 11) is 1.59. The van der Waals surface area contributed by atoms with Crippen molar-refractivity contribution < 1.29 is 9.47 Å². The Hall–Kier alpha value is -1.88. The second-order valence-electron chi connectivity index (χ2n) is 4.74. The summed E-state index contributed by atoms with van der Waals surface area (Å²) in [4.78, 5) is 11.9. The molecule has 0 spiro atoms. The van der Waals surface area contributed by atoms with Gasteiger partial charge in [0.1, 0.15) is 5.75 Å². The third-order valence-corrected chi connectivity index (χ3v) is 3.63. The monoisotopic (exact) mass is 260 g/mol. The van der Waals surface area contributed by atoms with E-state index >= 15 is 0 Å². The quantitative estimate of drug-likeness (QED) is 0.894. The first-order valence-electron chi connectivity index (χ1n) is 6.43. The Bertz CT molecular complexity index is 645. The fraction of sp³-hybridized carbons (Fsp3) is 0.429. The van der Waals surface area contributed by atoms with Crippen molar-refractivity contribution >= 4 is 10.8 Å². The molecule has 2 aromatic rings. The highest BCUT2D eigenvalue weighted by Gasteiger charge is 2.20. The van der Waals surface area contributed by atoms with E-state index in [0.29, 0.717) is 17.1 Å². The molecule has 1 fully saturated rings. The van der Waals surface area contributed by atoms with Crippen LogP contribution in [-0.2, 0) is 4.74 Å². The van der Waals surface area contributed by atoms with Crippen LogP contribution in [0.5, 0.6) is 5.75 Å². The predicted molar refractivity (Wildman–Crippen MR) is 71.7 cm³/mol. The summed E-state index contributed by atoms with van der Waals surface area (Å²) in [6, 6.07) is 5.55. The molecule has 19 heavy (non-hydrogen) atoms. The van der Waals surface area contributed by atoms with Crippen LogP contribution in [0, 0.1) is 0 Å². The molecule has 1 saturated heterocycles. The maximum atomic E-state index is 11.9. The van der Waals surface area contributed by atoms with Gasteiger partial charge in [-0.3, -0.25) is 4.79 Å². The summed E-state index contributed by atoms with van der Waals surface area (Å²) >= 11 is 0. The lowest BCUT2D eigenvalue weighted by atomic mass is 9.93. The molecule has 0 bridgehead atoms. The van der Waals surface area contributed by atoms with E-state index in [0.717, 1.165) is 37.1 Å². The molecule has 2 heterocycles. The standard InChI is InChI=1S/C14H16N2O3/c1-18-10-2-3-11-12(8-10)14(17)16-15-13(11)9-4-6-19-7-5-9/h2-3,8-9H,4-7H2,1H3,(H,16,17). The zero-order valence-corrected chi connectivity index (χ0v) is 10.8. The summed E-state index contributed by atoms with van der Waals surface area (Å²) in [6.07, 6.45) is 1.89. The minimum Gasteiger partial charge on any atom is -0.497 e. The molecule has 0 radical (unpaired) electrons. The number of fused-ring (bicyclic) bond motifs is 1. The van der Waals surface area contributed by atoms with Crippen molar-refractivity contribution in [3.63, 3.8) is 0 Å². The Labute approximate surface area is 110 Å². The lowest BCUT2D eigenvalue weighted by molar-refractivity contribution is 0.0846. The van der Waals surface area contributed by atoms with Gasteiger partial charge in [0.15, 0.2) is 0 Å². The second kappa shape index (κ2) is 5.01. The SMILES string of the molecule is COc1ccc2c(C3CCOCC3)n[nH]c(=O)c2c1. The van der Waals surface area contributed by atoms with Crippen LogP contribution in [0.3, 0.4) is 0 Å². The van der Waals surface area contributed by atoms with Crippen molar-refractivity contribution in [1.29, 1.82) is 0 Å². The Morgan fingerprint density at radius 2 is 2.11 bits per heavy atom. The van der Waals surface area contributed by atoms with E-state index in [1.54, 1.807) is 13.2 Å². The molecule has 5 nitrogen and oxygen atoms in total. The normalized spacial score (nSPS) is 16.7. The number of nitrogens with one attached hydrogen (secondary N) is 1. The molecule has 0 amide bonds. The average Bonchev–Trinajstić information content (AvgIpc) is 2.48. The first kappa shape index (κ1) is 12.2. The largest absolute Gasteiger partial charge is 0.497 e. The highest BCUT2D eigenvalue weighted by Crippen LogP contribution is 2.30. The summed E-state index contributed by atoms with van der Waals surface area (Å²) in [5, 5.41) is 8.39. The van der Waals surface area contributed by atoms with Crippen molar-refractivity contribution in [2.24, 2.45) is 0 Å². The van der Waals surface area contributed by atoms with Gasteiger partial charge in [-0.1, -0.05) is 0 Å². The summed E-state index contributed by atoms with van der Waals surface area (Å²) in [6.45, 7) is 1.51. The minimum absolute atomic E-state index is 0.176. The van der Waals surface area contributed by atoms with E-state index in [9.17, 15) is 4.79 Å². The van der Waals surface area contributed by atoms with Gasteiger partial charge in [-0.15, -0.1) is 0 Å². The number of hydrogen-bond donors (Lipinski definition) is 1. The van der Waals surface area contributed by atoms with Gasteiger partial charge >= 0.3 is 0 Å². The fourth-order valence-corrected chi connectivity index (χ4v) is 2.58. The third-order valence-electron chi connectivity index (χ3n) is 3.63. The van der Waals surface area contributed by atoms with Crippen LogP contribution in [-0.4, -0.2) is 30.5 Å². The zero-order chi connectivity index (χ0) is 13.2. The summed E-state index contributed by atoms with van der Waals surface area (Å²) < 4.78 is 10.5. The lowest BCUT2D eigenvalue weighted by Gasteiger charge is -2.22. The van der Waals surface area contributed by atoms with Gasteiger partial charge in [0.25, 0.3) is 5.56 Å². The zero-order valence-electron chi connectivity index (χ0n) is 10.8. The molecule has 1 aromatic carbocycles. The Kier molecular flexibility index (Phi) is 3.21. The third kappa shape index (κ3) is 2.21. The number of benzene rings is 1. The molecule has 1 aliphatic rings. The van der Waals surface area contributed by atoms with Crippen molar-refractivity contribution in [3.05, 3.63) is 34.2 Å². The number of hydrogen-bond acceptors (Lipinski definition) is 4. The molecule has 1 N–H and O–H groups in total. The van der Waals surface area contributed by atoms with Crippen LogP contribution in [0.2, 0.25) is 0 Å². The van der Waals surface area contributed by atoms with Crippen LogP contribution >= 0.6 is 0 Å². The maximum Gasteiger partial charge on any atom is 0.272 e. The smallest absolute Gasteiger partial charge is 0.272 e. The van der Waals surface area contributed by atoms with E-state index in [1.165, 1.54) is 0 Å². The molecule has 0 atom stereocenters. The Morgan fingerprint density at radius 3 is 2.84 bits per heavy atom. The van der Waals surface area contributed by atoms with Gasteiger partial charge in [-0.25, -0.2) is 5.10 Å². The van der Waals surface area contributed by atoms with E-state index in [2.05, 4.69) is 10.2 Å². The van der Waals surface area contributed by atoms with E-state index in [4.69, 9.17) is 9.47 Å². The number of ether oxygens (including phenoxy) is 2. The van der Waals surface area contributed by atoms with Crippen LogP contribution in [0.15, 0.2) is 23.0 Å². The Morgan fingerprint density at radius 1 is 1.32 bits per heavy atom. The highest BCUT2D eigenvalue weighted by molar-refractivity contribution is 5.85. The van der Waals surface area contributed by atoms with Crippen LogP contribution < -0.4 is 10.3 Å². The molecule has 1 aromatic heterocycles. The van der Waals surface area contributed by atoms with Gasteiger partial charge in [0, 0.05) is 24.5 Å². The maximum absolute atomic E-state index is 11.9. The lowest BCUT2D eigenvalue weighted by Crippen LogP contribution is -2.19. The van der Waals surface area contributed by atoms with Crippen molar-refractivity contribution in [2.45, 2.75) is 18.8 Å². The topological polar surface area (TPSA) is 64.2 Å². The number of aromatic nitrogens is 2. The predicted octanol–water partition coefficient (Wildman–Crippen LogP) is 1.83. The van der Waals surface area contributed by atoms with Gasteiger partial charge in [-0.05, 0) is 31.0 Å². The second-order valence-corrected chi connectivity index (χ2v) is 4.74. The number of H-pyrrole nitrogens is 1. The number of aromatic amines is 1.